The van der Waals surface area contributed by atoms with Gasteiger partial charge in [0.05, 0.1) is 13.0 Å². The molecule has 94 valence electrons. The van der Waals surface area contributed by atoms with Crippen molar-refractivity contribution in [2.75, 3.05) is 7.11 Å². The maximum absolute atomic E-state index is 11.9. The number of hydrogen-bond acceptors (Lipinski definition) is 4. The Kier molecular flexibility index (Phi) is 3.09. The van der Waals surface area contributed by atoms with Crippen LogP contribution in [0, 0.1) is 17.8 Å². The van der Waals surface area contributed by atoms with Gasteiger partial charge >= 0.3 is 12.1 Å². The second-order valence-electron chi connectivity index (χ2n) is 4.78. The number of fused-ring (bicyclic) bond motifs is 2. The van der Waals surface area contributed by atoms with Crippen molar-refractivity contribution in [1.82, 2.24) is 4.90 Å². The zero-order valence-electron chi connectivity index (χ0n) is 10.3. The van der Waals surface area contributed by atoms with Crippen LogP contribution in [0.5, 0.6) is 0 Å². The average Bonchev–Trinajstić information content (AvgIpc) is 2.27. The van der Waals surface area contributed by atoms with E-state index in [-0.39, 0.29) is 23.7 Å². The molecule has 17 heavy (non-hydrogen) atoms. The quantitative estimate of drug-likeness (QED) is 0.654. The first-order chi connectivity index (χ1) is 8.04. The first-order valence-electron chi connectivity index (χ1n) is 5.79. The second-order valence-corrected chi connectivity index (χ2v) is 4.78. The van der Waals surface area contributed by atoms with Gasteiger partial charge in [-0.15, -0.1) is 0 Å². The van der Waals surface area contributed by atoms with Gasteiger partial charge in [-0.1, -0.05) is 19.9 Å². The van der Waals surface area contributed by atoms with Gasteiger partial charge in [0.1, 0.15) is 0 Å². The van der Waals surface area contributed by atoms with Crippen LogP contribution < -0.4 is 0 Å². The Morgan fingerprint density at radius 2 is 2.29 bits per heavy atom. The van der Waals surface area contributed by atoms with E-state index in [1.165, 1.54) is 12.0 Å². The van der Waals surface area contributed by atoms with Gasteiger partial charge in [-0.25, -0.2) is 9.69 Å². The standard InChI is InChI=1S/C12H17NO4/c1-7(2)10-8-4-5-13(12(15)16-3)9(6-8)17-11(10)14/h4-5,7-10H,6H2,1-3H3/t8-,9-,10-/m1/s1. The Hall–Kier alpha value is -1.52. The smallest absolute Gasteiger partial charge is 0.416 e. The predicted octanol–water partition coefficient (Wildman–Crippen LogP) is 1.74. The van der Waals surface area contributed by atoms with E-state index in [1.54, 1.807) is 6.20 Å². The normalized spacial score (nSPS) is 31.4. The molecule has 0 N–H and O–H groups in total. The molecule has 5 nitrogen and oxygen atoms in total. The Balaban J connectivity index is 2.21. The second kappa shape index (κ2) is 4.39. The summed E-state index contributed by atoms with van der Waals surface area (Å²) in [5.41, 5.74) is 0. The number of methoxy groups -OCH3 is 1. The highest BCUT2D eigenvalue weighted by atomic mass is 16.6. The fraction of sp³-hybridized carbons (Fsp3) is 0.667. The summed E-state index contributed by atoms with van der Waals surface area (Å²) in [6.07, 6.45) is 3.20. The summed E-state index contributed by atoms with van der Waals surface area (Å²) in [4.78, 5) is 24.6. The number of esters is 1. The molecule has 1 fully saturated rings. The Morgan fingerprint density at radius 3 is 2.88 bits per heavy atom. The Labute approximate surface area is 100 Å². The van der Waals surface area contributed by atoms with Crippen molar-refractivity contribution in [3.8, 4) is 0 Å². The van der Waals surface area contributed by atoms with Gasteiger partial charge in [0.25, 0.3) is 0 Å². The van der Waals surface area contributed by atoms with E-state index in [4.69, 9.17) is 4.74 Å². The molecule has 0 aromatic rings. The highest BCUT2D eigenvalue weighted by molar-refractivity contribution is 5.76. The van der Waals surface area contributed by atoms with E-state index in [1.807, 2.05) is 19.9 Å². The summed E-state index contributed by atoms with van der Waals surface area (Å²) in [5, 5.41) is 0. The van der Waals surface area contributed by atoms with Crippen molar-refractivity contribution in [1.29, 1.82) is 0 Å². The van der Waals surface area contributed by atoms with Gasteiger partial charge < -0.3 is 9.47 Å². The summed E-state index contributed by atoms with van der Waals surface area (Å²) in [5.74, 6) is 0.0618. The van der Waals surface area contributed by atoms with Crippen molar-refractivity contribution in [2.24, 2.45) is 17.8 Å². The third-order valence-electron chi connectivity index (χ3n) is 3.37. The number of rotatable bonds is 1. The van der Waals surface area contributed by atoms with Gasteiger partial charge in [0.2, 0.25) is 0 Å². The molecular weight excluding hydrogens is 222 g/mol. The molecule has 0 aromatic carbocycles. The van der Waals surface area contributed by atoms with Crippen molar-refractivity contribution in [2.45, 2.75) is 26.5 Å². The Morgan fingerprint density at radius 1 is 1.59 bits per heavy atom. The molecule has 0 aliphatic carbocycles. The molecule has 2 heterocycles. The molecule has 3 atom stereocenters. The molecule has 1 saturated heterocycles. The van der Waals surface area contributed by atoms with Gasteiger partial charge in [0, 0.05) is 12.6 Å². The first-order valence-corrected chi connectivity index (χ1v) is 5.79. The lowest BCUT2D eigenvalue weighted by atomic mass is 9.78. The molecule has 0 radical (unpaired) electrons. The number of carbonyl (C=O) groups is 2. The third kappa shape index (κ3) is 2.01. The predicted molar refractivity (Wildman–Crippen MR) is 59.7 cm³/mol. The lowest BCUT2D eigenvalue weighted by Gasteiger charge is -2.41. The van der Waals surface area contributed by atoms with E-state index in [0.29, 0.717) is 6.42 Å². The monoisotopic (exact) mass is 239 g/mol. The fourth-order valence-electron chi connectivity index (χ4n) is 2.53. The van der Waals surface area contributed by atoms with Crippen LogP contribution in [0.1, 0.15) is 20.3 Å². The molecule has 2 bridgehead atoms. The van der Waals surface area contributed by atoms with Gasteiger partial charge in [0.15, 0.2) is 6.23 Å². The molecule has 2 rings (SSSR count). The van der Waals surface area contributed by atoms with Crippen LogP contribution in [-0.2, 0) is 14.3 Å². The lowest BCUT2D eigenvalue weighted by Crippen LogP contribution is -2.50. The summed E-state index contributed by atoms with van der Waals surface area (Å²) >= 11 is 0. The Bertz CT molecular complexity index is 364. The van der Waals surface area contributed by atoms with E-state index >= 15 is 0 Å². The van der Waals surface area contributed by atoms with Crippen LogP contribution in [0.25, 0.3) is 0 Å². The number of nitrogens with zero attached hydrogens (tertiary/aromatic N) is 1. The fourth-order valence-corrected chi connectivity index (χ4v) is 2.53. The summed E-state index contributed by atoms with van der Waals surface area (Å²) < 4.78 is 9.94. The van der Waals surface area contributed by atoms with Crippen LogP contribution in [0.4, 0.5) is 4.79 Å². The van der Waals surface area contributed by atoms with Crippen molar-refractivity contribution >= 4 is 12.1 Å². The average molecular weight is 239 g/mol. The van der Waals surface area contributed by atoms with Gasteiger partial charge in [-0.05, 0) is 11.8 Å². The minimum atomic E-state index is -0.514. The highest BCUT2D eigenvalue weighted by Gasteiger charge is 2.44. The number of amides is 1. The van der Waals surface area contributed by atoms with Gasteiger partial charge in [-0.3, -0.25) is 4.79 Å². The maximum atomic E-state index is 11.9. The number of carbonyl (C=O) groups excluding carboxylic acids is 2. The van der Waals surface area contributed by atoms with Gasteiger partial charge in [-0.2, -0.15) is 0 Å². The minimum absolute atomic E-state index is 0.109. The SMILES string of the molecule is COC(=O)N1C=C[C@@H]2C[C@H]1OC(=O)[C@@H]2C(C)C. The van der Waals surface area contributed by atoms with E-state index in [0.717, 1.165) is 0 Å². The molecular formula is C12H17NO4. The lowest BCUT2D eigenvalue weighted by molar-refractivity contribution is -0.176. The van der Waals surface area contributed by atoms with Crippen LogP contribution in [0.3, 0.4) is 0 Å². The number of allylic oxidation sites excluding steroid dienone is 1. The van der Waals surface area contributed by atoms with Crippen LogP contribution in [-0.4, -0.2) is 30.3 Å². The number of hydrogen-bond donors (Lipinski definition) is 0. The number of ether oxygens (including phenoxy) is 2. The zero-order valence-corrected chi connectivity index (χ0v) is 10.3. The summed E-state index contributed by atoms with van der Waals surface area (Å²) in [7, 11) is 1.31. The zero-order chi connectivity index (χ0) is 12.6. The largest absolute Gasteiger partial charge is 0.452 e. The van der Waals surface area contributed by atoms with Crippen molar-refractivity contribution in [3.05, 3.63) is 12.3 Å². The van der Waals surface area contributed by atoms with Crippen LogP contribution in [0.15, 0.2) is 12.3 Å². The van der Waals surface area contributed by atoms with Crippen LogP contribution in [0.2, 0.25) is 0 Å². The molecule has 2 aliphatic rings. The molecule has 5 heteroatoms. The molecule has 0 spiro atoms. The summed E-state index contributed by atoms with van der Waals surface area (Å²) in [6, 6.07) is 0. The topological polar surface area (TPSA) is 55.8 Å². The molecule has 0 aromatic heterocycles. The van der Waals surface area contributed by atoms with E-state index in [2.05, 4.69) is 4.74 Å². The molecule has 0 unspecified atom stereocenters. The molecule has 1 amide bonds. The third-order valence-corrected chi connectivity index (χ3v) is 3.37. The maximum Gasteiger partial charge on any atom is 0.416 e. The minimum Gasteiger partial charge on any atom is -0.452 e. The first kappa shape index (κ1) is 12.0. The summed E-state index contributed by atoms with van der Waals surface area (Å²) in [6.45, 7) is 4.01. The molecule has 0 saturated carbocycles. The highest BCUT2D eigenvalue weighted by Crippen LogP contribution is 2.37. The molecule has 2 aliphatic heterocycles. The van der Waals surface area contributed by atoms with E-state index < -0.39 is 12.3 Å². The van der Waals surface area contributed by atoms with Crippen LogP contribution >= 0.6 is 0 Å². The van der Waals surface area contributed by atoms with E-state index in [9.17, 15) is 9.59 Å². The van der Waals surface area contributed by atoms with Crippen molar-refractivity contribution < 1.29 is 19.1 Å². The van der Waals surface area contributed by atoms with Crippen molar-refractivity contribution in [3.63, 3.8) is 0 Å².